The molecule has 1 amide bonds. The third-order valence-corrected chi connectivity index (χ3v) is 3.32. The van der Waals surface area contributed by atoms with Crippen molar-refractivity contribution in [3.8, 4) is 0 Å². The molecule has 0 unspecified atom stereocenters. The number of hydrogen-bond donors (Lipinski definition) is 2. The van der Waals surface area contributed by atoms with E-state index in [1.807, 2.05) is 24.3 Å². The van der Waals surface area contributed by atoms with Crippen LogP contribution >= 0.6 is 15.9 Å². The Hall–Kier alpha value is -2.21. The van der Waals surface area contributed by atoms with E-state index in [0.717, 1.165) is 10.9 Å². The SMILES string of the molecule is O=C(Nc1n[nH]c2ccccc12)c1ncccc1Br. The molecule has 3 rings (SSSR count). The molecule has 3 aromatic rings. The number of anilines is 1. The van der Waals surface area contributed by atoms with Gasteiger partial charge in [0.25, 0.3) is 5.91 Å². The number of para-hydroxylation sites is 1. The molecule has 0 spiro atoms. The second-order valence-electron chi connectivity index (χ2n) is 3.91. The summed E-state index contributed by atoms with van der Waals surface area (Å²) in [6, 6.07) is 11.1. The largest absolute Gasteiger partial charge is 0.303 e. The first-order valence-corrected chi connectivity index (χ1v) is 6.40. The van der Waals surface area contributed by atoms with Crippen LogP contribution in [0, 0.1) is 0 Å². The number of amides is 1. The van der Waals surface area contributed by atoms with Crippen LogP contribution in [0.25, 0.3) is 10.9 Å². The summed E-state index contributed by atoms with van der Waals surface area (Å²) in [7, 11) is 0. The Kier molecular flexibility index (Phi) is 3.00. The molecule has 2 aromatic heterocycles. The minimum atomic E-state index is -0.301. The van der Waals surface area contributed by atoms with Gasteiger partial charge in [0, 0.05) is 16.1 Å². The van der Waals surface area contributed by atoms with Gasteiger partial charge in [-0.05, 0) is 40.2 Å². The van der Waals surface area contributed by atoms with Crippen LogP contribution in [0.2, 0.25) is 0 Å². The van der Waals surface area contributed by atoms with Crippen molar-refractivity contribution >= 4 is 38.6 Å². The highest BCUT2D eigenvalue weighted by atomic mass is 79.9. The summed E-state index contributed by atoms with van der Waals surface area (Å²) in [6.07, 6.45) is 1.57. The summed E-state index contributed by atoms with van der Waals surface area (Å²) in [4.78, 5) is 16.2. The average Bonchev–Trinajstić information content (AvgIpc) is 2.83. The Morgan fingerprint density at radius 3 is 2.89 bits per heavy atom. The number of rotatable bonds is 2. The summed E-state index contributed by atoms with van der Waals surface area (Å²) >= 11 is 3.30. The maximum atomic E-state index is 12.1. The fourth-order valence-corrected chi connectivity index (χ4v) is 2.21. The van der Waals surface area contributed by atoms with Crippen LogP contribution in [0.3, 0.4) is 0 Å². The molecule has 19 heavy (non-hydrogen) atoms. The van der Waals surface area contributed by atoms with E-state index < -0.39 is 0 Å². The molecule has 0 aliphatic rings. The highest BCUT2D eigenvalue weighted by Gasteiger charge is 2.14. The molecule has 2 N–H and O–H groups in total. The van der Waals surface area contributed by atoms with Crippen molar-refractivity contribution in [3.05, 3.63) is 52.8 Å². The van der Waals surface area contributed by atoms with Crippen molar-refractivity contribution in [2.24, 2.45) is 0 Å². The monoisotopic (exact) mass is 316 g/mol. The molecule has 0 saturated carbocycles. The molecule has 0 bridgehead atoms. The molecular weight excluding hydrogens is 308 g/mol. The first kappa shape index (κ1) is 11.9. The van der Waals surface area contributed by atoms with Gasteiger partial charge in [0.1, 0.15) is 5.69 Å². The zero-order valence-corrected chi connectivity index (χ0v) is 11.3. The van der Waals surface area contributed by atoms with E-state index >= 15 is 0 Å². The number of halogens is 1. The van der Waals surface area contributed by atoms with Crippen LogP contribution in [0.15, 0.2) is 47.1 Å². The molecule has 0 aliphatic carbocycles. The van der Waals surface area contributed by atoms with Crippen molar-refractivity contribution in [2.45, 2.75) is 0 Å². The number of pyridine rings is 1. The number of fused-ring (bicyclic) bond motifs is 1. The van der Waals surface area contributed by atoms with Gasteiger partial charge in [0.05, 0.1) is 5.52 Å². The van der Waals surface area contributed by atoms with Crippen LogP contribution in [0.5, 0.6) is 0 Å². The number of aromatic amines is 1. The summed E-state index contributed by atoms with van der Waals surface area (Å²) in [6.45, 7) is 0. The molecule has 0 atom stereocenters. The van der Waals surface area contributed by atoms with Crippen LogP contribution < -0.4 is 5.32 Å². The molecule has 6 heteroatoms. The molecule has 0 fully saturated rings. The zero-order valence-electron chi connectivity index (χ0n) is 9.72. The van der Waals surface area contributed by atoms with Crippen LogP contribution in [-0.4, -0.2) is 21.1 Å². The van der Waals surface area contributed by atoms with E-state index in [9.17, 15) is 4.79 Å². The van der Waals surface area contributed by atoms with Gasteiger partial charge in [-0.1, -0.05) is 12.1 Å². The van der Waals surface area contributed by atoms with Crippen LogP contribution in [-0.2, 0) is 0 Å². The quantitative estimate of drug-likeness (QED) is 0.763. The second-order valence-corrected chi connectivity index (χ2v) is 4.76. The zero-order chi connectivity index (χ0) is 13.2. The number of nitrogens with one attached hydrogen (secondary N) is 2. The number of hydrogen-bond acceptors (Lipinski definition) is 3. The number of carbonyl (C=O) groups excluding carboxylic acids is 1. The maximum absolute atomic E-state index is 12.1. The average molecular weight is 317 g/mol. The molecule has 0 aliphatic heterocycles. The van der Waals surface area contributed by atoms with Crippen molar-refractivity contribution in [1.82, 2.24) is 15.2 Å². The van der Waals surface area contributed by atoms with E-state index in [2.05, 4.69) is 36.4 Å². The minimum absolute atomic E-state index is 0.301. The third kappa shape index (κ3) is 2.22. The van der Waals surface area contributed by atoms with E-state index in [1.54, 1.807) is 18.3 Å². The standard InChI is InChI=1S/C13H9BrN4O/c14-9-5-3-7-15-11(9)13(19)16-12-8-4-1-2-6-10(8)17-18-12/h1-7H,(H2,16,17,18,19). The summed E-state index contributed by atoms with van der Waals surface area (Å²) < 4.78 is 0.646. The lowest BCUT2D eigenvalue weighted by Crippen LogP contribution is -2.14. The Labute approximate surface area is 117 Å². The predicted molar refractivity (Wildman–Crippen MR) is 76.0 cm³/mol. The van der Waals surface area contributed by atoms with Crippen molar-refractivity contribution < 1.29 is 4.79 Å². The lowest BCUT2D eigenvalue weighted by Gasteiger charge is -2.03. The fourth-order valence-electron chi connectivity index (χ4n) is 1.78. The van der Waals surface area contributed by atoms with Gasteiger partial charge in [0.2, 0.25) is 0 Å². The molecule has 2 heterocycles. The van der Waals surface area contributed by atoms with E-state index in [0.29, 0.717) is 16.0 Å². The number of carbonyl (C=O) groups is 1. The molecule has 94 valence electrons. The lowest BCUT2D eigenvalue weighted by atomic mass is 10.2. The minimum Gasteiger partial charge on any atom is -0.303 e. The topological polar surface area (TPSA) is 70.7 Å². The first-order valence-electron chi connectivity index (χ1n) is 5.60. The van der Waals surface area contributed by atoms with Gasteiger partial charge in [-0.3, -0.25) is 9.89 Å². The summed E-state index contributed by atoms with van der Waals surface area (Å²) in [5.41, 5.74) is 1.20. The van der Waals surface area contributed by atoms with E-state index in [-0.39, 0.29) is 5.91 Å². The van der Waals surface area contributed by atoms with E-state index in [1.165, 1.54) is 0 Å². The number of H-pyrrole nitrogens is 1. The fraction of sp³-hybridized carbons (Fsp3) is 0. The normalized spacial score (nSPS) is 10.6. The molecule has 0 radical (unpaired) electrons. The lowest BCUT2D eigenvalue weighted by molar-refractivity contribution is 0.102. The van der Waals surface area contributed by atoms with Crippen molar-refractivity contribution in [1.29, 1.82) is 0 Å². The van der Waals surface area contributed by atoms with Gasteiger partial charge in [-0.25, -0.2) is 4.98 Å². The summed E-state index contributed by atoms with van der Waals surface area (Å²) in [5, 5.41) is 10.6. The van der Waals surface area contributed by atoms with Crippen molar-refractivity contribution in [2.75, 3.05) is 5.32 Å². The molecular formula is C13H9BrN4O. The third-order valence-electron chi connectivity index (χ3n) is 2.68. The van der Waals surface area contributed by atoms with Crippen LogP contribution in [0.4, 0.5) is 5.82 Å². The molecule has 1 aromatic carbocycles. The van der Waals surface area contributed by atoms with E-state index in [4.69, 9.17) is 0 Å². The van der Waals surface area contributed by atoms with Gasteiger partial charge < -0.3 is 5.32 Å². The first-order chi connectivity index (χ1) is 9.25. The Bertz CT molecular complexity index is 753. The smallest absolute Gasteiger partial charge is 0.276 e. The molecule has 0 saturated heterocycles. The van der Waals surface area contributed by atoms with Gasteiger partial charge in [-0.15, -0.1) is 0 Å². The number of nitrogens with zero attached hydrogens (tertiary/aromatic N) is 2. The Morgan fingerprint density at radius 2 is 2.05 bits per heavy atom. The van der Waals surface area contributed by atoms with Gasteiger partial charge >= 0.3 is 0 Å². The van der Waals surface area contributed by atoms with Gasteiger partial charge in [-0.2, -0.15) is 5.10 Å². The number of aromatic nitrogens is 3. The highest BCUT2D eigenvalue weighted by molar-refractivity contribution is 9.10. The summed E-state index contributed by atoms with van der Waals surface area (Å²) in [5.74, 6) is 0.197. The number of benzene rings is 1. The highest BCUT2D eigenvalue weighted by Crippen LogP contribution is 2.21. The molecule has 5 nitrogen and oxygen atoms in total. The Morgan fingerprint density at radius 1 is 1.21 bits per heavy atom. The second kappa shape index (κ2) is 4.81. The van der Waals surface area contributed by atoms with Crippen LogP contribution in [0.1, 0.15) is 10.5 Å². The van der Waals surface area contributed by atoms with Gasteiger partial charge in [0.15, 0.2) is 5.82 Å². The maximum Gasteiger partial charge on any atom is 0.276 e. The Balaban J connectivity index is 1.94. The predicted octanol–water partition coefficient (Wildman–Crippen LogP) is 2.97. The van der Waals surface area contributed by atoms with Crippen molar-refractivity contribution in [3.63, 3.8) is 0 Å².